The summed E-state index contributed by atoms with van der Waals surface area (Å²) in [5, 5.41) is 0. The first kappa shape index (κ1) is 14.7. The quantitative estimate of drug-likeness (QED) is 0.475. The molecule has 0 heterocycles. The normalized spacial score (nSPS) is 10.6. The molecule has 0 nitrogen and oxygen atoms in total. The van der Waals surface area contributed by atoms with Crippen LogP contribution >= 0.6 is 0 Å². The second-order valence-corrected chi connectivity index (χ2v) is 3.30. The Morgan fingerprint density at radius 1 is 1.08 bits per heavy atom. The first-order chi connectivity index (χ1) is 5.09. The van der Waals surface area contributed by atoms with Gasteiger partial charge in [-0.2, -0.15) is 0 Å². The third-order valence-electron chi connectivity index (χ3n) is 2.08. The molecule has 0 radical (unpaired) electrons. The minimum Gasteiger partial charge on any atom is -0.0813 e. The Kier molecular flexibility index (Phi) is 9.59. The van der Waals surface area contributed by atoms with Crippen molar-refractivity contribution >= 4 is 0 Å². The van der Waals surface area contributed by atoms with Gasteiger partial charge in [-0.15, -0.1) is 0 Å². The summed E-state index contributed by atoms with van der Waals surface area (Å²) in [4.78, 5) is 0. The first-order valence-electron chi connectivity index (χ1n) is 4.40. The van der Waals surface area contributed by atoms with Crippen molar-refractivity contribution < 1.29 is 21.7 Å². The second kappa shape index (κ2) is 7.82. The van der Waals surface area contributed by atoms with Crippen molar-refractivity contribution in [3.05, 3.63) is 22.8 Å². The zero-order valence-corrected chi connectivity index (χ0v) is 10.6. The van der Waals surface area contributed by atoms with Crippen LogP contribution in [0.25, 0.3) is 0 Å². The van der Waals surface area contributed by atoms with Gasteiger partial charge in [0.1, 0.15) is 0 Å². The molecule has 1 heteroatoms. The second-order valence-electron chi connectivity index (χ2n) is 3.30. The average molecular weight is 200 g/mol. The van der Waals surface area contributed by atoms with Crippen LogP contribution in [0.4, 0.5) is 0 Å². The third-order valence-corrected chi connectivity index (χ3v) is 2.08. The van der Waals surface area contributed by atoms with Crippen molar-refractivity contribution in [2.24, 2.45) is 0 Å². The van der Waals surface area contributed by atoms with Crippen LogP contribution in [0.15, 0.2) is 22.8 Å². The van der Waals surface area contributed by atoms with Crippen LogP contribution in [0, 0.1) is 0 Å². The molecule has 0 N–H and O–H groups in total. The number of hydrogen-bond donors (Lipinski definition) is 0. The van der Waals surface area contributed by atoms with Crippen molar-refractivity contribution in [3.63, 3.8) is 0 Å². The van der Waals surface area contributed by atoms with Gasteiger partial charge in [0.2, 0.25) is 0 Å². The molecule has 0 aliphatic carbocycles. The average Bonchev–Trinajstić information content (AvgIpc) is 1.98. The van der Waals surface area contributed by atoms with Gasteiger partial charge < -0.3 is 0 Å². The van der Waals surface area contributed by atoms with Crippen molar-refractivity contribution in [1.29, 1.82) is 0 Å². The van der Waals surface area contributed by atoms with Gasteiger partial charge in [0.25, 0.3) is 0 Å². The molecule has 68 valence electrons. The molecular weight excluding hydrogens is 180 g/mol. The van der Waals surface area contributed by atoms with Crippen molar-refractivity contribution in [1.82, 2.24) is 0 Å². The maximum atomic E-state index is 2.32. The largest absolute Gasteiger partial charge is 0.0813 e. The summed E-state index contributed by atoms with van der Waals surface area (Å²) in [5.74, 6) is 0. The Balaban J connectivity index is 0. The molecule has 0 spiro atoms. The fraction of sp³-hybridized carbons (Fsp3) is 0.636. The Morgan fingerprint density at radius 3 is 1.92 bits per heavy atom. The maximum Gasteiger partial charge on any atom is 0 e. The standard InChI is InChI=1S/C11H20.Ti/c1-6-7-8-10(4)11(5)9(2)3;/h8H,6-7H2,1-5H3;/b10-8+;. The zero-order chi connectivity index (χ0) is 8.85. The maximum absolute atomic E-state index is 2.32. The molecule has 0 aliphatic heterocycles. The van der Waals surface area contributed by atoms with Gasteiger partial charge in [0, 0.05) is 21.7 Å². The Hall–Kier alpha value is 0.194. The Bertz CT molecular complexity index is 171. The van der Waals surface area contributed by atoms with Crippen LogP contribution in [0.2, 0.25) is 0 Å². The van der Waals surface area contributed by atoms with Crippen LogP contribution < -0.4 is 0 Å². The molecule has 0 saturated carbocycles. The van der Waals surface area contributed by atoms with E-state index >= 15 is 0 Å². The van der Waals surface area contributed by atoms with E-state index < -0.39 is 0 Å². The molecule has 0 aliphatic rings. The number of allylic oxidation sites excluding steroid dienone is 4. The summed E-state index contributed by atoms with van der Waals surface area (Å²) in [6.45, 7) is 10.9. The summed E-state index contributed by atoms with van der Waals surface area (Å²) < 4.78 is 0. The molecular formula is C11H20Ti. The van der Waals surface area contributed by atoms with E-state index in [1.807, 2.05) is 0 Å². The molecule has 0 rings (SSSR count). The van der Waals surface area contributed by atoms with E-state index in [-0.39, 0.29) is 21.7 Å². The molecule has 0 aromatic rings. The van der Waals surface area contributed by atoms with E-state index in [2.05, 4.69) is 40.7 Å². The van der Waals surface area contributed by atoms with Gasteiger partial charge in [0.05, 0.1) is 0 Å². The van der Waals surface area contributed by atoms with E-state index in [1.165, 1.54) is 29.6 Å². The topological polar surface area (TPSA) is 0 Å². The first-order valence-corrected chi connectivity index (χ1v) is 4.40. The fourth-order valence-electron chi connectivity index (χ4n) is 0.908. The molecule has 0 aromatic heterocycles. The van der Waals surface area contributed by atoms with Crippen LogP contribution in [-0.2, 0) is 21.7 Å². The van der Waals surface area contributed by atoms with Gasteiger partial charge in [-0.05, 0) is 39.7 Å². The molecule has 0 saturated heterocycles. The minimum atomic E-state index is 0. The van der Waals surface area contributed by atoms with E-state index in [9.17, 15) is 0 Å². The molecule has 0 amide bonds. The summed E-state index contributed by atoms with van der Waals surface area (Å²) in [5.41, 5.74) is 4.31. The van der Waals surface area contributed by atoms with Crippen molar-refractivity contribution in [3.8, 4) is 0 Å². The Morgan fingerprint density at radius 2 is 1.58 bits per heavy atom. The zero-order valence-electron chi connectivity index (χ0n) is 8.99. The molecule has 0 bridgehead atoms. The van der Waals surface area contributed by atoms with Crippen LogP contribution in [0.1, 0.15) is 47.5 Å². The molecule has 0 aromatic carbocycles. The Labute approximate surface area is 92.0 Å². The predicted octanol–water partition coefficient (Wildman–Crippen LogP) is 4.09. The van der Waals surface area contributed by atoms with E-state index in [4.69, 9.17) is 0 Å². The van der Waals surface area contributed by atoms with E-state index in [1.54, 1.807) is 0 Å². The fourth-order valence-corrected chi connectivity index (χ4v) is 0.908. The molecule has 0 unspecified atom stereocenters. The van der Waals surface area contributed by atoms with E-state index in [0.29, 0.717) is 0 Å². The summed E-state index contributed by atoms with van der Waals surface area (Å²) in [6, 6.07) is 0. The minimum absolute atomic E-state index is 0. The smallest absolute Gasteiger partial charge is 0 e. The summed E-state index contributed by atoms with van der Waals surface area (Å²) in [6.07, 6.45) is 4.77. The van der Waals surface area contributed by atoms with Gasteiger partial charge in [-0.3, -0.25) is 0 Å². The van der Waals surface area contributed by atoms with E-state index in [0.717, 1.165) is 0 Å². The summed E-state index contributed by atoms with van der Waals surface area (Å²) in [7, 11) is 0. The van der Waals surface area contributed by atoms with Crippen LogP contribution in [0.5, 0.6) is 0 Å². The summed E-state index contributed by atoms with van der Waals surface area (Å²) >= 11 is 0. The molecule has 0 atom stereocenters. The van der Waals surface area contributed by atoms with Gasteiger partial charge in [0.15, 0.2) is 0 Å². The van der Waals surface area contributed by atoms with Gasteiger partial charge in [-0.25, -0.2) is 0 Å². The van der Waals surface area contributed by atoms with Crippen LogP contribution in [0.3, 0.4) is 0 Å². The number of hydrogen-bond acceptors (Lipinski definition) is 0. The van der Waals surface area contributed by atoms with Crippen molar-refractivity contribution in [2.45, 2.75) is 47.5 Å². The predicted molar refractivity (Wildman–Crippen MR) is 52.7 cm³/mol. The molecule has 12 heavy (non-hydrogen) atoms. The van der Waals surface area contributed by atoms with Gasteiger partial charge in [-0.1, -0.05) is 30.6 Å². The monoisotopic (exact) mass is 200 g/mol. The number of unbranched alkanes of at least 4 members (excludes halogenated alkanes) is 1. The number of rotatable bonds is 3. The third kappa shape index (κ3) is 5.80. The van der Waals surface area contributed by atoms with Gasteiger partial charge >= 0.3 is 0 Å². The van der Waals surface area contributed by atoms with Crippen LogP contribution in [-0.4, -0.2) is 0 Å². The molecule has 0 fully saturated rings. The van der Waals surface area contributed by atoms with Crippen molar-refractivity contribution in [2.75, 3.05) is 0 Å². The SMILES string of the molecule is CCC/C=C(\C)C(C)=C(C)C.[Ti].